The molecule has 0 spiro atoms. The van der Waals surface area contributed by atoms with Crippen molar-refractivity contribution in [1.82, 2.24) is 9.97 Å². The summed E-state index contributed by atoms with van der Waals surface area (Å²) in [6.07, 6.45) is 0. The average Bonchev–Trinajstić information content (AvgIpc) is 4.15. The molecule has 0 saturated carbocycles. The lowest BCUT2D eigenvalue weighted by atomic mass is 9.87. The van der Waals surface area contributed by atoms with E-state index in [1.165, 1.54) is 6.07 Å². The Morgan fingerprint density at radius 1 is 0.287 bits per heavy atom. The molecule has 4 aliphatic rings. The minimum absolute atomic E-state index is 0.0335. The predicted molar refractivity (Wildman–Crippen MR) is 309 cm³/mol. The number of Topliss-reactive ketones (excluding diaryl/α,β-unsaturated/α-hetero) is 8. The van der Waals surface area contributed by atoms with E-state index in [0.29, 0.717) is 32.7 Å². The standard InChI is InChI=1S/C62H24Cl8N2O8/c63-45-41-42(46(64)50(68)49(45)67)60(78)38(59(41)77)30-12-11-27(28-13-15-36(72-54(28)30)39-57(75)32-17-22-4-1-2-5-23(22)18-33(32)58(39)76)25-9-8-24-19-31-34(20-26(24)16-25)56(74)37(55(31)73)29-7-3-6-21-10-14-35(71-53(21)29)40-61(79)43-44(62(40)80)48(66)52(70)51(69)47(43)65/h1-20,37-40H. The van der Waals surface area contributed by atoms with Gasteiger partial charge in [0.2, 0.25) is 0 Å². The number of benzene rings is 8. The number of hydrogen-bond acceptors (Lipinski definition) is 10. The molecule has 2 heterocycles. The van der Waals surface area contributed by atoms with Crippen LogP contribution in [-0.4, -0.2) is 56.2 Å². The van der Waals surface area contributed by atoms with Crippen molar-refractivity contribution in [2.75, 3.05) is 0 Å². The molecular weight excluding hydrogens is 1180 g/mol. The number of halogens is 8. The molecule has 14 rings (SSSR count). The van der Waals surface area contributed by atoms with E-state index < -0.39 is 69.9 Å². The van der Waals surface area contributed by atoms with Gasteiger partial charge in [-0.1, -0.05) is 172 Å². The summed E-state index contributed by atoms with van der Waals surface area (Å²) >= 11 is 51.4. The Bertz CT molecular complexity index is 4660. The maximum Gasteiger partial charge on any atom is 0.182 e. The fourth-order valence-electron chi connectivity index (χ4n) is 12.0. The van der Waals surface area contributed by atoms with E-state index in [-0.39, 0.29) is 118 Å². The van der Waals surface area contributed by atoms with Gasteiger partial charge in [0.05, 0.1) is 84.9 Å². The third kappa shape index (κ3) is 7.01. The van der Waals surface area contributed by atoms with E-state index in [0.717, 1.165) is 10.8 Å². The number of rotatable bonds is 5. The smallest absolute Gasteiger partial charge is 0.182 e. The Labute approximate surface area is 490 Å². The van der Waals surface area contributed by atoms with E-state index in [9.17, 15) is 38.4 Å². The molecule has 386 valence electrons. The third-order valence-corrected chi connectivity index (χ3v) is 19.4. The molecule has 4 aliphatic carbocycles. The SMILES string of the molecule is O=C1c2cc3ccccc3cc2C(=O)C1c1ccc2c(-c3ccc4cc5c(cc4c3)C(=O)C(c3cccc4ccc(C6C(=O)c7c(Cl)c(Cl)c(Cl)c(Cl)c7C6=O)nc34)C5=O)ccc(C3C(=O)c4c(Cl)c(Cl)c(Cl)c(Cl)c4C3=O)c2n1. The quantitative estimate of drug-likeness (QED) is 0.0921. The Kier molecular flexibility index (Phi) is 11.6. The van der Waals surface area contributed by atoms with Crippen molar-refractivity contribution < 1.29 is 38.4 Å². The Hall–Kier alpha value is -7.22. The number of aromatic nitrogens is 2. The highest BCUT2D eigenvalue weighted by Crippen LogP contribution is 2.52. The van der Waals surface area contributed by atoms with Crippen molar-refractivity contribution in [1.29, 1.82) is 0 Å². The van der Waals surface area contributed by atoms with Crippen LogP contribution in [-0.2, 0) is 0 Å². The first-order valence-corrected chi connectivity index (χ1v) is 27.4. The van der Waals surface area contributed by atoms with E-state index in [1.54, 1.807) is 84.9 Å². The molecule has 1 unspecified atom stereocenters. The van der Waals surface area contributed by atoms with Gasteiger partial charge in [-0.2, -0.15) is 0 Å². The minimum atomic E-state index is -1.53. The summed E-state index contributed by atoms with van der Waals surface area (Å²) < 4.78 is 0. The summed E-state index contributed by atoms with van der Waals surface area (Å²) in [6, 6.07) is 34.1. The summed E-state index contributed by atoms with van der Waals surface area (Å²) in [7, 11) is 0. The van der Waals surface area contributed by atoms with Crippen LogP contribution in [0.3, 0.4) is 0 Å². The molecule has 0 N–H and O–H groups in total. The van der Waals surface area contributed by atoms with Crippen LogP contribution in [0.2, 0.25) is 40.2 Å². The molecule has 2 aromatic heterocycles. The van der Waals surface area contributed by atoms with Gasteiger partial charge in [-0.3, -0.25) is 48.3 Å². The maximum atomic E-state index is 14.7. The predicted octanol–water partition coefficient (Wildman–Crippen LogP) is 16.6. The number of fused-ring (bicyclic) bond motifs is 8. The fraction of sp³-hybridized carbons (Fsp3) is 0.0645. The number of para-hydroxylation sites is 1. The van der Waals surface area contributed by atoms with Crippen LogP contribution in [0.5, 0.6) is 0 Å². The second-order valence-corrected chi connectivity index (χ2v) is 22.9. The zero-order valence-corrected chi connectivity index (χ0v) is 46.1. The van der Waals surface area contributed by atoms with E-state index in [1.807, 2.05) is 30.3 Å². The van der Waals surface area contributed by atoms with Gasteiger partial charge in [0.1, 0.15) is 23.7 Å². The largest absolute Gasteiger partial charge is 0.293 e. The summed E-state index contributed by atoms with van der Waals surface area (Å²) in [5.74, 6) is -10.4. The molecule has 0 bridgehead atoms. The fourth-order valence-corrected chi connectivity index (χ4v) is 14.0. The van der Waals surface area contributed by atoms with Crippen LogP contribution < -0.4 is 0 Å². The topological polar surface area (TPSA) is 162 Å². The zero-order chi connectivity index (χ0) is 55.8. The third-order valence-electron chi connectivity index (χ3n) is 15.7. The summed E-state index contributed by atoms with van der Waals surface area (Å²) in [5, 5.41) is 2.01. The molecule has 0 aliphatic heterocycles. The van der Waals surface area contributed by atoms with Gasteiger partial charge in [0.15, 0.2) is 46.3 Å². The number of carbonyl (C=O) groups is 8. The van der Waals surface area contributed by atoms with E-state index in [4.69, 9.17) is 103 Å². The zero-order valence-electron chi connectivity index (χ0n) is 40.0. The number of hydrogen-bond donors (Lipinski definition) is 0. The lowest BCUT2D eigenvalue weighted by Gasteiger charge is -2.17. The monoisotopic (exact) mass is 1200 g/mol. The van der Waals surface area contributed by atoms with Gasteiger partial charge >= 0.3 is 0 Å². The average molecular weight is 1210 g/mol. The van der Waals surface area contributed by atoms with Crippen molar-refractivity contribution in [3.05, 3.63) is 229 Å². The molecule has 18 heteroatoms. The molecule has 1 atom stereocenters. The number of carbonyl (C=O) groups excluding carboxylic acids is 8. The molecule has 0 amide bonds. The van der Waals surface area contributed by atoms with Crippen LogP contribution in [0.1, 0.15) is 129 Å². The van der Waals surface area contributed by atoms with Crippen molar-refractivity contribution in [2.24, 2.45) is 0 Å². The van der Waals surface area contributed by atoms with Crippen LogP contribution in [0.25, 0.3) is 54.5 Å². The lowest BCUT2D eigenvalue weighted by Crippen LogP contribution is -2.17. The van der Waals surface area contributed by atoms with E-state index in [2.05, 4.69) is 0 Å². The van der Waals surface area contributed by atoms with Crippen LogP contribution in [0, 0.1) is 0 Å². The van der Waals surface area contributed by atoms with Crippen molar-refractivity contribution >= 4 is 182 Å². The minimum Gasteiger partial charge on any atom is -0.293 e. The Morgan fingerprint density at radius 3 is 1.20 bits per heavy atom. The molecule has 10 nitrogen and oxygen atoms in total. The molecule has 0 radical (unpaired) electrons. The van der Waals surface area contributed by atoms with Gasteiger partial charge in [0, 0.05) is 33.0 Å². The highest BCUT2D eigenvalue weighted by atomic mass is 35.5. The van der Waals surface area contributed by atoms with Crippen LogP contribution in [0.15, 0.2) is 121 Å². The summed E-state index contributed by atoms with van der Waals surface area (Å²) in [4.78, 5) is 124. The van der Waals surface area contributed by atoms with Crippen molar-refractivity contribution in [3.63, 3.8) is 0 Å². The number of ketones is 8. The second-order valence-electron chi connectivity index (χ2n) is 19.9. The first-order chi connectivity index (χ1) is 38.4. The van der Waals surface area contributed by atoms with Crippen LogP contribution in [0.4, 0.5) is 0 Å². The second kappa shape index (κ2) is 18.1. The first-order valence-electron chi connectivity index (χ1n) is 24.4. The number of pyridine rings is 2. The van der Waals surface area contributed by atoms with Crippen molar-refractivity contribution in [2.45, 2.75) is 23.7 Å². The summed E-state index contributed by atoms with van der Waals surface area (Å²) in [6.45, 7) is 0. The molecule has 8 aromatic carbocycles. The molecular formula is C62H24Cl8N2O8. The first kappa shape index (κ1) is 51.0. The van der Waals surface area contributed by atoms with E-state index >= 15 is 0 Å². The number of nitrogens with zero attached hydrogens (tertiary/aromatic N) is 2. The van der Waals surface area contributed by atoms with Gasteiger partial charge in [-0.15, -0.1) is 0 Å². The summed E-state index contributed by atoms with van der Waals surface area (Å²) in [5.41, 5.74) is 2.08. The Balaban J connectivity index is 0.861. The molecule has 0 fully saturated rings. The molecule has 80 heavy (non-hydrogen) atoms. The van der Waals surface area contributed by atoms with Crippen LogP contribution >= 0.6 is 92.8 Å². The maximum absolute atomic E-state index is 14.7. The van der Waals surface area contributed by atoms with Gasteiger partial charge in [-0.05, 0) is 86.3 Å². The van der Waals surface area contributed by atoms with Crippen molar-refractivity contribution in [3.8, 4) is 11.1 Å². The van der Waals surface area contributed by atoms with Gasteiger partial charge in [0.25, 0.3) is 0 Å². The highest BCUT2D eigenvalue weighted by Gasteiger charge is 2.48. The Morgan fingerprint density at radius 2 is 0.675 bits per heavy atom. The van der Waals surface area contributed by atoms with Gasteiger partial charge in [-0.25, -0.2) is 0 Å². The normalized spacial score (nSPS) is 16.4. The molecule has 0 saturated heterocycles. The van der Waals surface area contributed by atoms with Gasteiger partial charge < -0.3 is 0 Å². The lowest BCUT2D eigenvalue weighted by molar-refractivity contribution is 0.0871. The highest BCUT2D eigenvalue weighted by molar-refractivity contribution is 6.57. The molecule has 10 aromatic rings.